The smallest absolute Gasteiger partial charge is 0.183 e. The Hall–Kier alpha value is -1.62. The average molecular weight is 278 g/mol. The molecule has 1 fully saturated rings. The van der Waals surface area contributed by atoms with Gasteiger partial charge in [0.15, 0.2) is 5.82 Å². The zero-order valence-electron chi connectivity index (χ0n) is 10.8. The summed E-state index contributed by atoms with van der Waals surface area (Å²) in [6, 6.07) is 5.40. The summed E-state index contributed by atoms with van der Waals surface area (Å²) in [7, 11) is 0. The third-order valence-corrected chi connectivity index (χ3v) is 4.27. The molecule has 100 valence electrons. The summed E-state index contributed by atoms with van der Waals surface area (Å²) in [5.41, 5.74) is 7.55. The van der Waals surface area contributed by atoms with Crippen molar-refractivity contribution in [2.24, 2.45) is 5.41 Å². The van der Waals surface area contributed by atoms with Gasteiger partial charge in [-0.3, -0.25) is 0 Å². The highest BCUT2D eigenvalue weighted by atomic mass is 35.5. The molecule has 19 heavy (non-hydrogen) atoms. The van der Waals surface area contributed by atoms with Crippen LogP contribution in [-0.4, -0.2) is 20.2 Å². The molecule has 0 atom stereocenters. The molecule has 0 spiro atoms. The summed E-state index contributed by atoms with van der Waals surface area (Å²) in [5, 5.41) is 12.6. The van der Waals surface area contributed by atoms with E-state index in [0.717, 1.165) is 18.5 Å². The maximum Gasteiger partial charge on any atom is 0.183 e. The van der Waals surface area contributed by atoms with E-state index in [4.69, 9.17) is 17.3 Å². The monoisotopic (exact) mass is 277 g/mol. The molecular formula is C13H16ClN5. The van der Waals surface area contributed by atoms with Gasteiger partial charge >= 0.3 is 0 Å². The van der Waals surface area contributed by atoms with E-state index in [1.54, 1.807) is 6.07 Å². The number of nitrogen functional groups attached to an aromatic ring is 1. The molecule has 1 heterocycles. The molecule has 0 radical (unpaired) electrons. The van der Waals surface area contributed by atoms with Gasteiger partial charge in [-0.1, -0.05) is 18.5 Å². The van der Waals surface area contributed by atoms with Gasteiger partial charge in [0.05, 0.1) is 11.6 Å². The lowest BCUT2D eigenvalue weighted by Crippen LogP contribution is -2.13. The van der Waals surface area contributed by atoms with Crippen LogP contribution in [0.1, 0.15) is 26.2 Å². The van der Waals surface area contributed by atoms with Crippen molar-refractivity contribution in [2.45, 2.75) is 32.7 Å². The maximum absolute atomic E-state index is 6.22. The Kier molecular flexibility index (Phi) is 2.93. The van der Waals surface area contributed by atoms with E-state index >= 15 is 0 Å². The van der Waals surface area contributed by atoms with E-state index in [1.807, 2.05) is 16.8 Å². The molecule has 0 amide bonds. The van der Waals surface area contributed by atoms with Gasteiger partial charge in [-0.25, -0.2) is 4.68 Å². The van der Waals surface area contributed by atoms with Crippen LogP contribution in [-0.2, 0) is 6.54 Å². The minimum atomic E-state index is 0.379. The first kappa shape index (κ1) is 12.4. The molecule has 0 aliphatic heterocycles. The molecule has 1 aromatic carbocycles. The maximum atomic E-state index is 6.22. The Morgan fingerprint density at radius 3 is 2.84 bits per heavy atom. The van der Waals surface area contributed by atoms with Gasteiger partial charge < -0.3 is 5.73 Å². The van der Waals surface area contributed by atoms with Crippen LogP contribution < -0.4 is 5.73 Å². The number of anilines is 1. The second kappa shape index (κ2) is 4.49. The SMILES string of the molecule is CCC1(Cn2nnnc2-c2ccc(N)cc2Cl)CC1. The van der Waals surface area contributed by atoms with Gasteiger partial charge in [-0.05, 0) is 53.3 Å². The number of rotatable bonds is 4. The number of nitrogens with zero attached hydrogens (tertiary/aromatic N) is 4. The number of tetrazole rings is 1. The van der Waals surface area contributed by atoms with E-state index < -0.39 is 0 Å². The van der Waals surface area contributed by atoms with Gasteiger partial charge in [0, 0.05) is 11.3 Å². The number of halogens is 1. The van der Waals surface area contributed by atoms with E-state index in [1.165, 1.54) is 12.8 Å². The van der Waals surface area contributed by atoms with Crippen LogP contribution >= 0.6 is 11.6 Å². The number of hydrogen-bond donors (Lipinski definition) is 1. The minimum absolute atomic E-state index is 0.379. The Morgan fingerprint density at radius 1 is 1.42 bits per heavy atom. The van der Waals surface area contributed by atoms with Crippen molar-refractivity contribution < 1.29 is 0 Å². The van der Waals surface area contributed by atoms with Gasteiger partial charge in [0.2, 0.25) is 0 Å². The fourth-order valence-corrected chi connectivity index (χ4v) is 2.61. The molecule has 0 saturated heterocycles. The number of nitrogens with two attached hydrogens (primary N) is 1. The molecule has 1 aliphatic rings. The van der Waals surface area contributed by atoms with Crippen LogP contribution in [0.25, 0.3) is 11.4 Å². The summed E-state index contributed by atoms with van der Waals surface area (Å²) in [5.74, 6) is 0.713. The highest BCUT2D eigenvalue weighted by Crippen LogP contribution is 2.50. The molecule has 3 rings (SSSR count). The predicted molar refractivity (Wildman–Crippen MR) is 74.6 cm³/mol. The lowest BCUT2D eigenvalue weighted by atomic mass is 10.0. The van der Waals surface area contributed by atoms with E-state index in [9.17, 15) is 0 Å². The third-order valence-electron chi connectivity index (χ3n) is 3.96. The molecule has 1 aliphatic carbocycles. The molecular weight excluding hydrogens is 262 g/mol. The standard InChI is InChI=1S/C13H16ClN5/c1-2-13(5-6-13)8-19-12(16-17-18-19)10-4-3-9(15)7-11(10)14/h3-4,7H,2,5-6,8,15H2,1H3. The topological polar surface area (TPSA) is 69.6 Å². The largest absolute Gasteiger partial charge is 0.399 e. The lowest BCUT2D eigenvalue weighted by Gasteiger charge is -2.13. The zero-order chi connectivity index (χ0) is 13.5. The van der Waals surface area contributed by atoms with Crippen molar-refractivity contribution in [1.82, 2.24) is 20.2 Å². The van der Waals surface area contributed by atoms with Gasteiger partial charge in [-0.2, -0.15) is 0 Å². The first-order chi connectivity index (χ1) is 9.13. The number of benzene rings is 1. The van der Waals surface area contributed by atoms with E-state index in [0.29, 0.717) is 21.9 Å². The summed E-state index contributed by atoms with van der Waals surface area (Å²) in [4.78, 5) is 0. The van der Waals surface area contributed by atoms with Crippen LogP contribution in [0.3, 0.4) is 0 Å². The van der Waals surface area contributed by atoms with E-state index in [-0.39, 0.29) is 0 Å². The first-order valence-electron chi connectivity index (χ1n) is 6.45. The molecule has 1 aromatic heterocycles. The van der Waals surface area contributed by atoms with Gasteiger partial charge in [0.1, 0.15) is 0 Å². The first-order valence-corrected chi connectivity index (χ1v) is 6.83. The second-order valence-corrected chi connectivity index (χ2v) is 5.66. The zero-order valence-corrected chi connectivity index (χ0v) is 11.6. The molecule has 6 heteroatoms. The Labute approximate surface area is 116 Å². The predicted octanol–water partition coefficient (Wildman–Crippen LogP) is 2.77. The molecule has 5 nitrogen and oxygen atoms in total. The second-order valence-electron chi connectivity index (χ2n) is 5.25. The number of hydrogen-bond acceptors (Lipinski definition) is 4. The number of aromatic nitrogens is 4. The minimum Gasteiger partial charge on any atom is -0.399 e. The van der Waals surface area contributed by atoms with Crippen LogP contribution in [0.4, 0.5) is 5.69 Å². The fraction of sp³-hybridized carbons (Fsp3) is 0.462. The quantitative estimate of drug-likeness (QED) is 0.873. The average Bonchev–Trinajstić information content (AvgIpc) is 3.01. The lowest BCUT2D eigenvalue weighted by molar-refractivity contribution is 0.382. The van der Waals surface area contributed by atoms with E-state index in [2.05, 4.69) is 22.4 Å². The Bertz CT molecular complexity index is 603. The summed E-state index contributed by atoms with van der Waals surface area (Å²) in [6.07, 6.45) is 3.65. The van der Waals surface area contributed by atoms with Gasteiger partial charge in [0.25, 0.3) is 0 Å². The van der Waals surface area contributed by atoms with Crippen molar-refractivity contribution in [1.29, 1.82) is 0 Å². The summed E-state index contributed by atoms with van der Waals surface area (Å²) < 4.78 is 1.86. The van der Waals surface area contributed by atoms with Crippen LogP contribution in [0.15, 0.2) is 18.2 Å². The van der Waals surface area contributed by atoms with Crippen molar-refractivity contribution in [2.75, 3.05) is 5.73 Å². The highest BCUT2D eigenvalue weighted by Gasteiger charge is 2.41. The van der Waals surface area contributed by atoms with Crippen molar-refractivity contribution in [3.63, 3.8) is 0 Å². The van der Waals surface area contributed by atoms with Crippen molar-refractivity contribution in [3.05, 3.63) is 23.2 Å². The van der Waals surface area contributed by atoms with Gasteiger partial charge in [-0.15, -0.1) is 5.10 Å². The van der Waals surface area contributed by atoms with Crippen LogP contribution in [0.5, 0.6) is 0 Å². The molecule has 0 bridgehead atoms. The highest BCUT2D eigenvalue weighted by molar-refractivity contribution is 6.33. The fourth-order valence-electron chi connectivity index (χ4n) is 2.33. The van der Waals surface area contributed by atoms with Crippen molar-refractivity contribution >= 4 is 17.3 Å². The molecule has 1 saturated carbocycles. The molecule has 2 N–H and O–H groups in total. The Balaban J connectivity index is 1.95. The summed E-state index contributed by atoms with van der Waals surface area (Å²) in [6.45, 7) is 3.07. The summed E-state index contributed by atoms with van der Waals surface area (Å²) >= 11 is 6.22. The van der Waals surface area contributed by atoms with Crippen LogP contribution in [0.2, 0.25) is 5.02 Å². The normalized spacial score (nSPS) is 16.5. The van der Waals surface area contributed by atoms with Crippen molar-refractivity contribution in [3.8, 4) is 11.4 Å². The Morgan fingerprint density at radius 2 is 2.21 bits per heavy atom. The molecule has 0 unspecified atom stereocenters. The molecule has 2 aromatic rings. The van der Waals surface area contributed by atoms with Crippen LogP contribution in [0, 0.1) is 5.41 Å². The third kappa shape index (κ3) is 2.30.